The molecule has 4 nitrogen and oxygen atoms in total. The van der Waals surface area contributed by atoms with Gasteiger partial charge in [-0.1, -0.05) is 13.3 Å². The number of fused-ring (bicyclic) bond motifs is 3. The van der Waals surface area contributed by atoms with Crippen molar-refractivity contribution >= 4 is 0 Å². The van der Waals surface area contributed by atoms with Crippen LogP contribution in [0.3, 0.4) is 0 Å². The molecular weight excluding hydrogens is 264 g/mol. The van der Waals surface area contributed by atoms with E-state index >= 15 is 0 Å². The number of nitrogens with zero attached hydrogens (tertiary/aromatic N) is 2. The van der Waals surface area contributed by atoms with Gasteiger partial charge in [0, 0.05) is 18.8 Å². The normalized spacial score (nSPS) is 27.8. The Kier molecular flexibility index (Phi) is 4.34. The number of hydrogen-bond acceptors (Lipinski definition) is 3. The van der Waals surface area contributed by atoms with E-state index in [9.17, 15) is 4.79 Å². The Bertz CT molecular complexity index is 516. The lowest BCUT2D eigenvalue weighted by Gasteiger charge is -2.48. The fourth-order valence-corrected chi connectivity index (χ4v) is 3.56. The summed E-state index contributed by atoms with van der Waals surface area (Å²) in [5.74, 6) is 0.510. The first-order valence-corrected chi connectivity index (χ1v) is 8.26. The summed E-state index contributed by atoms with van der Waals surface area (Å²) in [6, 6.07) is 1.65. The van der Waals surface area contributed by atoms with Gasteiger partial charge in [0.1, 0.15) is 0 Å². The first-order chi connectivity index (χ1) is 10.2. The van der Waals surface area contributed by atoms with Crippen LogP contribution >= 0.6 is 0 Å². The molecule has 1 aromatic rings. The van der Waals surface area contributed by atoms with Crippen molar-refractivity contribution in [1.29, 1.82) is 0 Å². The van der Waals surface area contributed by atoms with Crippen molar-refractivity contribution in [2.24, 2.45) is 5.41 Å². The van der Waals surface area contributed by atoms with Crippen molar-refractivity contribution in [2.75, 3.05) is 26.2 Å². The average molecular weight is 290 g/mol. The molecule has 0 aliphatic carbocycles. The molecule has 1 aromatic heterocycles. The van der Waals surface area contributed by atoms with Crippen LogP contribution < -0.4 is 10.2 Å². The minimum absolute atomic E-state index is 0.00156. The second-order valence-corrected chi connectivity index (χ2v) is 6.64. The van der Waals surface area contributed by atoms with Crippen molar-refractivity contribution < 1.29 is 4.74 Å². The molecule has 3 saturated heterocycles. The highest BCUT2D eigenvalue weighted by molar-refractivity contribution is 5.17. The van der Waals surface area contributed by atoms with Crippen molar-refractivity contribution in [2.45, 2.75) is 45.6 Å². The molecule has 2 bridgehead atoms. The van der Waals surface area contributed by atoms with Crippen LogP contribution in [0.2, 0.25) is 0 Å². The Morgan fingerprint density at radius 1 is 1.24 bits per heavy atom. The van der Waals surface area contributed by atoms with Crippen molar-refractivity contribution in [3.8, 4) is 5.75 Å². The second-order valence-electron chi connectivity index (χ2n) is 6.64. The van der Waals surface area contributed by atoms with Crippen molar-refractivity contribution in [1.82, 2.24) is 9.47 Å². The van der Waals surface area contributed by atoms with Crippen LogP contribution in [0.25, 0.3) is 0 Å². The molecule has 0 amide bonds. The Labute approximate surface area is 126 Å². The average Bonchev–Trinajstić information content (AvgIpc) is 2.52. The summed E-state index contributed by atoms with van der Waals surface area (Å²) in [5.41, 5.74) is 0.433. The molecule has 0 N–H and O–H groups in total. The number of aromatic nitrogens is 1. The van der Waals surface area contributed by atoms with E-state index in [0.717, 1.165) is 19.4 Å². The van der Waals surface area contributed by atoms with Gasteiger partial charge in [0.2, 0.25) is 5.43 Å². The highest BCUT2D eigenvalue weighted by Gasteiger charge is 2.39. The number of piperidine rings is 3. The first kappa shape index (κ1) is 14.6. The van der Waals surface area contributed by atoms with Gasteiger partial charge in [0.25, 0.3) is 0 Å². The van der Waals surface area contributed by atoms with E-state index in [1.54, 1.807) is 6.07 Å². The van der Waals surface area contributed by atoms with Crippen LogP contribution in [0.15, 0.2) is 23.3 Å². The van der Waals surface area contributed by atoms with Crippen LogP contribution in [0, 0.1) is 5.41 Å². The summed E-state index contributed by atoms with van der Waals surface area (Å²) >= 11 is 0. The fraction of sp³-hybridized carbons (Fsp3) is 0.706. The van der Waals surface area contributed by atoms with Gasteiger partial charge in [-0.3, -0.25) is 4.79 Å². The molecule has 0 unspecified atom stereocenters. The topological polar surface area (TPSA) is 34.5 Å². The minimum atomic E-state index is -0.00156. The zero-order chi connectivity index (χ0) is 14.7. The summed E-state index contributed by atoms with van der Waals surface area (Å²) in [6.45, 7) is 7.49. The Morgan fingerprint density at radius 2 is 1.95 bits per heavy atom. The number of pyridine rings is 1. The van der Waals surface area contributed by atoms with Crippen LogP contribution in [-0.2, 0) is 6.54 Å². The molecule has 0 atom stereocenters. The van der Waals surface area contributed by atoms with E-state index in [1.807, 2.05) is 12.4 Å². The van der Waals surface area contributed by atoms with E-state index in [-0.39, 0.29) is 5.43 Å². The van der Waals surface area contributed by atoms with Gasteiger partial charge < -0.3 is 14.2 Å². The Balaban J connectivity index is 1.70. The van der Waals surface area contributed by atoms with Crippen LogP contribution in [0.1, 0.15) is 39.0 Å². The predicted octanol–water partition coefficient (Wildman–Crippen LogP) is 2.51. The molecule has 0 radical (unpaired) electrons. The number of ether oxygens (including phenoxy) is 1. The van der Waals surface area contributed by atoms with Crippen molar-refractivity contribution in [3.63, 3.8) is 0 Å². The van der Waals surface area contributed by atoms with Gasteiger partial charge in [0.05, 0.1) is 12.8 Å². The largest absolute Gasteiger partial charge is 0.488 e. The van der Waals surface area contributed by atoms with Gasteiger partial charge in [-0.2, -0.15) is 0 Å². The predicted molar refractivity (Wildman–Crippen MR) is 83.8 cm³/mol. The molecule has 21 heavy (non-hydrogen) atoms. The molecular formula is C17H26N2O2. The third-order valence-corrected chi connectivity index (χ3v) is 5.09. The van der Waals surface area contributed by atoms with E-state index in [0.29, 0.717) is 17.8 Å². The lowest BCUT2D eigenvalue weighted by Crippen LogP contribution is -2.49. The Morgan fingerprint density at radius 3 is 2.62 bits per heavy atom. The second kappa shape index (κ2) is 6.22. The molecule has 0 saturated carbocycles. The molecule has 3 aliphatic rings. The van der Waals surface area contributed by atoms with E-state index in [1.165, 1.54) is 38.9 Å². The van der Waals surface area contributed by atoms with Crippen LogP contribution in [0.5, 0.6) is 5.75 Å². The fourth-order valence-electron chi connectivity index (χ4n) is 3.56. The van der Waals surface area contributed by atoms with Crippen LogP contribution in [-0.4, -0.2) is 35.7 Å². The molecule has 3 aliphatic heterocycles. The molecule has 4 heteroatoms. The Hall–Kier alpha value is -1.29. The molecule has 3 fully saturated rings. The van der Waals surface area contributed by atoms with Gasteiger partial charge >= 0.3 is 0 Å². The maximum absolute atomic E-state index is 11.9. The third-order valence-electron chi connectivity index (χ3n) is 5.09. The van der Waals surface area contributed by atoms with Gasteiger partial charge in [0.15, 0.2) is 5.75 Å². The molecule has 0 aromatic carbocycles. The number of unbranched alkanes of at least 4 members (excludes halogenated alkanes) is 1. The summed E-state index contributed by atoms with van der Waals surface area (Å²) in [6.07, 6.45) is 9.76. The monoisotopic (exact) mass is 290 g/mol. The van der Waals surface area contributed by atoms with E-state index < -0.39 is 0 Å². The lowest BCUT2D eigenvalue weighted by atomic mass is 9.72. The minimum Gasteiger partial charge on any atom is -0.488 e. The maximum atomic E-state index is 11.9. The van der Waals surface area contributed by atoms with Crippen molar-refractivity contribution in [3.05, 3.63) is 28.7 Å². The first-order valence-electron chi connectivity index (χ1n) is 8.26. The standard InChI is InChI=1S/C17H26N2O2/c1-2-3-12-21-16-13-19(8-4-15(16)20)14-17-5-9-18(10-6-17)11-7-17/h4,8,13H,2-3,5-7,9-12,14H2,1H3. The molecule has 4 rings (SSSR count). The maximum Gasteiger partial charge on any atom is 0.223 e. The quantitative estimate of drug-likeness (QED) is 0.755. The number of hydrogen-bond donors (Lipinski definition) is 0. The summed E-state index contributed by atoms with van der Waals surface area (Å²) in [7, 11) is 0. The third kappa shape index (κ3) is 3.31. The van der Waals surface area contributed by atoms with E-state index in [2.05, 4.69) is 16.4 Å². The van der Waals surface area contributed by atoms with Gasteiger partial charge in [-0.15, -0.1) is 0 Å². The van der Waals surface area contributed by atoms with Crippen LogP contribution in [0.4, 0.5) is 0 Å². The molecule has 116 valence electrons. The van der Waals surface area contributed by atoms with E-state index in [4.69, 9.17) is 4.74 Å². The van der Waals surface area contributed by atoms with Gasteiger partial charge in [-0.25, -0.2) is 0 Å². The van der Waals surface area contributed by atoms with Gasteiger partial charge in [-0.05, 0) is 50.7 Å². The molecule has 4 heterocycles. The highest BCUT2D eigenvalue weighted by Crippen LogP contribution is 2.41. The summed E-state index contributed by atoms with van der Waals surface area (Å²) in [4.78, 5) is 14.4. The summed E-state index contributed by atoms with van der Waals surface area (Å²) in [5, 5.41) is 0. The zero-order valence-corrected chi connectivity index (χ0v) is 13.0. The number of rotatable bonds is 6. The molecule has 0 spiro atoms. The lowest BCUT2D eigenvalue weighted by molar-refractivity contribution is 0.0132. The zero-order valence-electron chi connectivity index (χ0n) is 13.0. The SMILES string of the molecule is CCCCOc1cn(CC23CCN(CC2)CC3)ccc1=O. The summed E-state index contributed by atoms with van der Waals surface area (Å²) < 4.78 is 7.81. The highest BCUT2D eigenvalue weighted by atomic mass is 16.5. The smallest absolute Gasteiger partial charge is 0.223 e.